The summed E-state index contributed by atoms with van der Waals surface area (Å²) in [6.45, 7) is 7.60. The first-order valence-corrected chi connectivity index (χ1v) is 10.0. The number of hydrogen-bond donors (Lipinski definition) is 1. The van der Waals surface area contributed by atoms with E-state index < -0.39 is 11.9 Å². The zero-order valence-corrected chi connectivity index (χ0v) is 17.0. The molecule has 8 heteroatoms. The molecule has 0 bridgehead atoms. The number of anilines is 1. The molecule has 1 N–H and O–H groups in total. The van der Waals surface area contributed by atoms with Gasteiger partial charge in [-0.3, -0.25) is 9.59 Å². The predicted octanol–water partition coefficient (Wildman–Crippen LogP) is 2.70. The molecule has 27 heavy (non-hydrogen) atoms. The molecule has 0 aliphatic carbocycles. The molecule has 1 aliphatic heterocycles. The molecular weight excluding hydrogens is 364 g/mol. The monoisotopic (exact) mass is 390 g/mol. The van der Waals surface area contributed by atoms with E-state index in [0.29, 0.717) is 0 Å². The Bertz CT molecular complexity index is 858. The Hall–Kier alpha value is -2.22. The van der Waals surface area contributed by atoms with Crippen LogP contribution >= 0.6 is 11.3 Å². The number of carboxylic acids is 1. The number of rotatable bonds is 5. The number of carbonyl (C=O) groups excluding carboxylic acids is 1. The van der Waals surface area contributed by atoms with E-state index in [0.717, 1.165) is 42.0 Å². The average Bonchev–Trinajstić information content (AvgIpc) is 2.95. The van der Waals surface area contributed by atoms with Crippen molar-refractivity contribution in [2.24, 2.45) is 11.8 Å². The fourth-order valence-electron chi connectivity index (χ4n) is 3.63. The van der Waals surface area contributed by atoms with Gasteiger partial charge in [-0.15, -0.1) is 11.3 Å². The predicted molar refractivity (Wildman–Crippen MR) is 106 cm³/mol. The Kier molecular flexibility index (Phi) is 5.64. The second kappa shape index (κ2) is 7.80. The molecule has 1 amide bonds. The molecule has 1 fully saturated rings. The molecule has 1 unspecified atom stereocenters. The Labute approximate surface area is 163 Å². The molecule has 0 aromatic carbocycles. The summed E-state index contributed by atoms with van der Waals surface area (Å²) >= 11 is 1.69. The minimum Gasteiger partial charge on any atom is -0.481 e. The van der Waals surface area contributed by atoms with Crippen molar-refractivity contribution in [1.29, 1.82) is 0 Å². The molecule has 0 radical (unpaired) electrons. The SMILES string of the molecule is Cc1sc2ncnc(N3CCC(C(=O)N(C)CC(C)C(=O)O)CC3)c2c1C. The molecule has 1 aliphatic rings. The summed E-state index contributed by atoms with van der Waals surface area (Å²) in [5, 5.41) is 10.2. The van der Waals surface area contributed by atoms with Crippen LogP contribution in [0.1, 0.15) is 30.2 Å². The van der Waals surface area contributed by atoms with Gasteiger partial charge in [0.25, 0.3) is 0 Å². The molecule has 7 nitrogen and oxygen atoms in total. The number of fused-ring (bicyclic) bond motifs is 1. The minimum absolute atomic E-state index is 0.0399. The molecule has 3 rings (SSSR count). The maximum Gasteiger partial charge on any atom is 0.308 e. The summed E-state index contributed by atoms with van der Waals surface area (Å²) < 4.78 is 0. The largest absolute Gasteiger partial charge is 0.481 e. The van der Waals surface area contributed by atoms with Crippen molar-refractivity contribution in [2.45, 2.75) is 33.6 Å². The van der Waals surface area contributed by atoms with Crippen molar-refractivity contribution in [2.75, 3.05) is 31.6 Å². The van der Waals surface area contributed by atoms with Gasteiger partial charge in [-0.05, 0) is 32.3 Å². The van der Waals surface area contributed by atoms with Gasteiger partial charge in [0.1, 0.15) is 17.0 Å². The van der Waals surface area contributed by atoms with Crippen LogP contribution in [0.15, 0.2) is 6.33 Å². The lowest BCUT2D eigenvalue weighted by molar-refractivity contribution is -0.143. The molecule has 1 saturated heterocycles. The van der Waals surface area contributed by atoms with E-state index in [1.807, 2.05) is 0 Å². The highest BCUT2D eigenvalue weighted by Crippen LogP contribution is 2.35. The summed E-state index contributed by atoms with van der Waals surface area (Å²) in [5.41, 5.74) is 1.23. The van der Waals surface area contributed by atoms with Crippen molar-refractivity contribution in [3.05, 3.63) is 16.8 Å². The lowest BCUT2D eigenvalue weighted by Crippen LogP contribution is -2.43. The van der Waals surface area contributed by atoms with E-state index in [9.17, 15) is 9.59 Å². The van der Waals surface area contributed by atoms with Gasteiger partial charge in [-0.1, -0.05) is 6.92 Å². The van der Waals surface area contributed by atoms with E-state index in [1.165, 1.54) is 10.4 Å². The average molecular weight is 391 g/mol. The highest BCUT2D eigenvalue weighted by molar-refractivity contribution is 7.18. The summed E-state index contributed by atoms with van der Waals surface area (Å²) in [4.78, 5) is 38.7. The summed E-state index contributed by atoms with van der Waals surface area (Å²) in [7, 11) is 1.69. The Morgan fingerprint density at radius 3 is 2.63 bits per heavy atom. The number of piperidine rings is 1. The van der Waals surface area contributed by atoms with Gasteiger partial charge in [0.15, 0.2) is 0 Å². The third-order valence-electron chi connectivity index (χ3n) is 5.43. The number of carboxylic acid groups (broad SMARTS) is 1. The Morgan fingerprint density at radius 1 is 1.33 bits per heavy atom. The van der Waals surface area contributed by atoms with Crippen molar-refractivity contribution >= 4 is 39.2 Å². The van der Waals surface area contributed by atoms with Crippen LogP contribution in [0.4, 0.5) is 5.82 Å². The second-order valence-corrected chi connectivity index (χ2v) is 8.58. The third kappa shape index (κ3) is 3.90. The van der Waals surface area contributed by atoms with Crippen molar-refractivity contribution in [3.8, 4) is 0 Å². The summed E-state index contributed by atoms with van der Waals surface area (Å²) in [6.07, 6.45) is 3.11. The van der Waals surface area contributed by atoms with Crippen LogP contribution in [0.5, 0.6) is 0 Å². The standard InChI is InChI=1S/C19H26N4O3S/c1-11(19(25)26)9-22(4)18(24)14-5-7-23(8-6-14)16-15-12(2)13(3)27-17(15)21-10-20-16/h10-11,14H,5-9H2,1-4H3,(H,25,26). The Morgan fingerprint density at radius 2 is 2.00 bits per heavy atom. The fraction of sp³-hybridized carbons (Fsp3) is 0.579. The van der Waals surface area contributed by atoms with Gasteiger partial charge in [0.2, 0.25) is 5.91 Å². The van der Waals surface area contributed by atoms with Gasteiger partial charge >= 0.3 is 5.97 Å². The number of aliphatic carboxylic acids is 1. The molecule has 146 valence electrons. The lowest BCUT2D eigenvalue weighted by Gasteiger charge is -2.34. The molecule has 1 atom stereocenters. The number of aromatic nitrogens is 2. The molecular formula is C19H26N4O3S. The first-order valence-electron chi connectivity index (χ1n) is 9.23. The molecule has 2 aromatic heterocycles. The van der Waals surface area contributed by atoms with Crippen molar-refractivity contribution in [3.63, 3.8) is 0 Å². The van der Waals surface area contributed by atoms with E-state index in [4.69, 9.17) is 5.11 Å². The highest BCUT2D eigenvalue weighted by atomic mass is 32.1. The zero-order valence-electron chi connectivity index (χ0n) is 16.2. The van der Waals surface area contributed by atoms with E-state index in [1.54, 1.807) is 36.5 Å². The van der Waals surface area contributed by atoms with Gasteiger partial charge in [-0.2, -0.15) is 0 Å². The first kappa shape index (κ1) is 19.5. The van der Waals surface area contributed by atoms with Crippen LogP contribution in [0.25, 0.3) is 10.2 Å². The van der Waals surface area contributed by atoms with Crippen LogP contribution in [0.2, 0.25) is 0 Å². The van der Waals surface area contributed by atoms with Gasteiger partial charge < -0.3 is 14.9 Å². The van der Waals surface area contributed by atoms with E-state index >= 15 is 0 Å². The normalized spacial score (nSPS) is 16.5. The third-order valence-corrected chi connectivity index (χ3v) is 6.55. The Balaban J connectivity index is 1.67. The maximum absolute atomic E-state index is 12.7. The second-order valence-electron chi connectivity index (χ2n) is 7.38. The molecule has 2 aromatic rings. The zero-order chi connectivity index (χ0) is 19.7. The van der Waals surface area contributed by atoms with Gasteiger partial charge in [0, 0.05) is 37.5 Å². The van der Waals surface area contributed by atoms with Crippen LogP contribution in [0.3, 0.4) is 0 Å². The smallest absolute Gasteiger partial charge is 0.308 e. The number of thiophene rings is 1. The van der Waals surface area contributed by atoms with E-state index in [2.05, 4.69) is 28.7 Å². The lowest BCUT2D eigenvalue weighted by atomic mass is 9.94. The molecule has 3 heterocycles. The molecule has 0 saturated carbocycles. The number of hydrogen-bond acceptors (Lipinski definition) is 6. The number of carbonyl (C=O) groups is 2. The van der Waals surface area contributed by atoms with Crippen LogP contribution in [-0.2, 0) is 9.59 Å². The van der Waals surface area contributed by atoms with Crippen LogP contribution < -0.4 is 4.90 Å². The van der Waals surface area contributed by atoms with Gasteiger partial charge in [0.05, 0.1) is 11.3 Å². The maximum atomic E-state index is 12.7. The van der Waals surface area contributed by atoms with E-state index in [-0.39, 0.29) is 18.4 Å². The van der Waals surface area contributed by atoms with Crippen molar-refractivity contribution < 1.29 is 14.7 Å². The van der Waals surface area contributed by atoms with Crippen LogP contribution in [-0.4, -0.2) is 58.5 Å². The number of aryl methyl sites for hydroxylation is 2. The van der Waals surface area contributed by atoms with Crippen molar-refractivity contribution in [1.82, 2.24) is 14.9 Å². The fourth-order valence-corrected chi connectivity index (χ4v) is 4.62. The summed E-state index contributed by atoms with van der Waals surface area (Å²) in [5.74, 6) is -0.495. The quantitative estimate of drug-likeness (QED) is 0.845. The summed E-state index contributed by atoms with van der Waals surface area (Å²) in [6, 6.07) is 0. The molecule has 0 spiro atoms. The topological polar surface area (TPSA) is 86.6 Å². The number of nitrogens with zero attached hydrogens (tertiary/aromatic N) is 4. The van der Waals surface area contributed by atoms with Crippen LogP contribution in [0, 0.1) is 25.7 Å². The number of amides is 1. The van der Waals surface area contributed by atoms with Gasteiger partial charge in [-0.25, -0.2) is 9.97 Å². The highest BCUT2D eigenvalue weighted by Gasteiger charge is 2.30. The first-order chi connectivity index (χ1) is 12.8. The minimum atomic E-state index is -0.876.